The van der Waals surface area contributed by atoms with Crippen molar-refractivity contribution in [1.29, 1.82) is 0 Å². The summed E-state index contributed by atoms with van der Waals surface area (Å²) in [5.74, 6) is -0.947. The maximum absolute atomic E-state index is 10.2. The van der Waals surface area contributed by atoms with Crippen LogP contribution in [0.15, 0.2) is 24.8 Å². The molecular formula is C8H13NO2. The molecule has 3 N–H and O–H groups in total. The Morgan fingerprint density at radius 2 is 2.36 bits per heavy atom. The predicted octanol–water partition coefficient (Wildman–Crippen LogP) is 0.921. The third-order valence-electron chi connectivity index (χ3n) is 1.23. The molecule has 0 aliphatic heterocycles. The van der Waals surface area contributed by atoms with Gasteiger partial charge in [-0.3, -0.25) is 4.79 Å². The molecule has 0 aromatic heterocycles. The quantitative estimate of drug-likeness (QED) is 0.580. The van der Waals surface area contributed by atoms with Crippen molar-refractivity contribution in [3.8, 4) is 0 Å². The Morgan fingerprint density at radius 3 is 2.82 bits per heavy atom. The van der Waals surface area contributed by atoms with Gasteiger partial charge in [0.2, 0.25) is 0 Å². The number of carboxylic acid groups (broad SMARTS) is 1. The molecule has 0 radical (unpaired) electrons. The molecule has 0 heterocycles. The van der Waals surface area contributed by atoms with E-state index in [1.165, 1.54) is 0 Å². The molecular weight excluding hydrogens is 142 g/mol. The van der Waals surface area contributed by atoms with Crippen LogP contribution in [0.4, 0.5) is 0 Å². The summed E-state index contributed by atoms with van der Waals surface area (Å²) in [4.78, 5) is 10.2. The van der Waals surface area contributed by atoms with Gasteiger partial charge in [0.05, 0.1) is 0 Å². The first-order valence-corrected chi connectivity index (χ1v) is 3.44. The smallest absolute Gasteiger partial charge is 0.320 e. The van der Waals surface area contributed by atoms with Crippen LogP contribution in [-0.4, -0.2) is 17.1 Å². The minimum atomic E-state index is -0.947. The lowest BCUT2D eigenvalue weighted by Gasteiger charge is -2.01. The monoisotopic (exact) mass is 155 g/mol. The molecule has 3 nitrogen and oxygen atoms in total. The van der Waals surface area contributed by atoms with Crippen molar-refractivity contribution < 1.29 is 9.90 Å². The zero-order valence-corrected chi connectivity index (χ0v) is 6.36. The van der Waals surface area contributed by atoms with Gasteiger partial charge in [-0.05, 0) is 12.8 Å². The first kappa shape index (κ1) is 9.91. The Labute approximate surface area is 66.2 Å². The SMILES string of the molecule is C=C/C=C/CCC(N)C(=O)O. The van der Waals surface area contributed by atoms with Gasteiger partial charge in [0.1, 0.15) is 6.04 Å². The molecule has 62 valence electrons. The minimum absolute atomic E-state index is 0.472. The molecule has 0 amide bonds. The Kier molecular flexibility index (Phi) is 5.11. The van der Waals surface area contributed by atoms with Gasteiger partial charge in [0.25, 0.3) is 0 Å². The van der Waals surface area contributed by atoms with Crippen molar-refractivity contribution in [1.82, 2.24) is 0 Å². The lowest BCUT2D eigenvalue weighted by atomic mass is 10.1. The zero-order chi connectivity index (χ0) is 8.69. The highest BCUT2D eigenvalue weighted by Gasteiger charge is 2.08. The van der Waals surface area contributed by atoms with Crippen LogP contribution in [0.5, 0.6) is 0 Å². The van der Waals surface area contributed by atoms with Gasteiger partial charge in [0.15, 0.2) is 0 Å². The third kappa shape index (κ3) is 5.36. The van der Waals surface area contributed by atoms with Crippen LogP contribution in [0.2, 0.25) is 0 Å². The molecule has 0 aliphatic rings. The van der Waals surface area contributed by atoms with E-state index < -0.39 is 12.0 Å². The van der Waals surface area contributed by atoms with Crippen LogP contribution in [-0.2, 0) is 4.79 Å². The fourth-order valence-corrected chi connectivity index (χ4v) is 0.592. The topological polar surface area (TPSA) is 63.3 Å². The van der Waals surface area contributed by atoms with Crippen LogP contribution in [0, 0.1) is 0 Å². The Hall–Kier alpha value is -1.09. The van der Waals surface area contributed by atoms with E-state index in [2.05, 4.69) is 6.58 Å². The summed E-state index contributed by atoms with van der Waals surface area (Å²) in [5.41, 5.74) is 5.24. The summed E-state index contributed by atoms with van der Waals surface area (Å²) < 4.78 is 0. The van der Waals surface area contributed by atoms with E-state index in [4.69, 9.17) is 10.8 Å². The van der Waals surface area contributed by atoms with Gasteiger partial charge in [-0.1, -0.05) is 24.8 Å². The Bertz CT molecular complexity index is 163. The minimum Gasteiger partial charge on any atom is -0.480 e. The maximum atomic E-state index is 10.2. The van der Waals surface area contributed by atoms with Gasteiger partial charge >= 0.3 is 5.97 Å². The van der Waals surface area contributed by atoms with Crippen molar-refractivity contribution in [2.75, 3.05) is 0 Å². The highest BCUT2D eigenvalue weighted by molar-refractivity contribution is 5.72. The van der Waals surface area contributed by atoms with Gasteiger partial charge in [0, 0.05) is 0 Å². The standard InChI is InChI=1S/C8H13NO2/c1-2-3-4-5-6-7(9)8(10)11/h2-4,7H,1,5-6,9H2,(H,10,11)/b4-3+. The highest BCUT2D eigenvalue weighted by atomic mass is 16.4. The summed E-state index contributed by atoms with van der Waals surface area (Å²) in [5, 5.41) is 8.37. The second kappa shape index (κ2) is 5.68. The van der Waals surface area contributed by atoms with Crippen LogP contribution >= 0.6 is 0 Å². The number of hydrogen-bond donors (Lipinski definition) is 2. The molecule has 0 aliphatic carbocycles. The molecule has 0 bridgehead atoms. The number of carbonyl (C=O) groups is 1. The van der Waals surface area contributed by atoms with Crippen molar-refractivity contribution in [3.05, 3.63) is 24.8 Å². The van der Waals surface area contributed by atoms with Crippen LogP contribution in [0.25, 0.3) is 0 Å². The van der Waals surface area contributed by atoms with Crippen LogP contribution < -0.4 is 5.73 Å². The van der Waals surface area contributed by atoms with E-state index in [-0.39, 0.29) is 0 Å². The van der Waals surface area contributed by atoms with E-state index in [0.29, 0.717) is 12.8 Å². The van der Waals surface area contributed by atoms with Gasteiger partial charge in [-0.15, -0.1) is 0 Å². The molecule has 3 heteroatoms. The predicted molar refractivity (Wildman–Crippen MR) is 44.2 cm³/mol. The molecule has 11 heavy (non-hydrogen) atoms. The van der Waals surface area contributed by atoms with E-state index in [9.17, 15) is 4.79 Å². The lowest BCUT2D eigenvalue weighted by molar-refractivity contribution is -0.138. The van der Waals surface area contributed by atoms with Crippen molar-refractivity contribution in [2.24, 2.45) is 5.73 Å². The molecule has 0 rings (SSSR count). The van der Waals surface area contributed by atoms with Crippen LogP contribution in [0.1, 0.15) is 12.8 Å². The number of allylic oxidation sites excluding steroid dienone is 3. The lowest BCUT2D eigenvalue weighted by Crippen LogP contribution is -2.29. The molecule has 0 aromatic rings. The fourth-order valence-electron chi connectivity index (χ4n) is 0.592. The molecule has 0 fully saturated rings. The van der Waals surface area contributed by atoms with Crippen molar-refractivity contribution >= 4 is 5.97 Å². The van der Waals surface area contributed by atoms with Gasteiger partial charge < -0.3 is 10.8 Å². The molecule has 1 atom stereocenters. The van der Waals surface area contributed by atoms with Gasteiger partial charge in [-0.25, -0.2) is 0 Å². The maximum Gasteiger partial charge on any atom is 0.320 e. The number of aliphatic carboxylic acids is 1. The Balaban J connectivity index is 3.46. The van der Waals surface area contributed by atoms with E-state index in [1.807, 2.05) is 6.08 Å². The average Bonchev–Trinajstić information content (AvgIpc) is 1.97. The number of rotatable bonds is 5. The second-order valence-corrected chi connectivity index (χ2v) is 2.19. The summed E-state index contributed by atoms with van der Waals surface area (Å²) in [7, 11) is 0. The van der Waals surface area contributed by atoms with Crippen molar-refractivity contribution in [2.45, 2.75) is 18.9 Å². The van der Waals surface area contributed by atoms with E-state index >= 15 is 0 Å². The van der Waals surface area contributed by atoms with E-state index in [0.717, 1.165) is 0 Å². The summed E-state index contributed by atoms with van der Waals surface area (Å²) in [6.45, 7) is 3.48. The average molecular weight is 155 g/mol. The van der Waals surface area contributed by atoms with E-state index in [1.54, 1.807) is 12.2 Å². The molecule has 0 saturated heterocycles. The normalized spacial score (nSPS) is 13.2. The first-order valence-electron chi connectivity index (χ1n) is 3.44. The Morgan fingerprint density at radius 1 is 1.73 bits per heavy atom. The third-order valence-corrected chi connectivity index (χ3v) is 1.23. The number of carboxylic acids is 1. The van der Waals surface area contributed by atoms with Gasteiger partial charge in [-0.2, -0.15) is 0 Å². The molecule has 0 aromatic carbocycles. The largest absolute Gasteiger partial charge is 0.480 e. The second-order valence-electron chi connectivity index (χ2n) is 2.19. The fraction of sp³-hybridized carbons (Fsp3) is 0.375. The zero-order valence-electron chi connectivity index (χ0n) is 6.36. The molecule has 0 spiro atoms. The number of nitrogens with two attached hydrogens (primary N) is 1. The van der Waals surface area contributed by atoms with Crippen LogP contribution in [0.3, 0.4) is 0 Å². The molecule has 0 saturated carbocycles. The first-order chi connectivity index (χ1) is 5.18. The summed E-state index contributed by atoms with van der Waals surface area (Å²) >= 11 is 0. The molecule has 1 unspecified atom stereocenters. The van der Waals surface area contributed by atoms with Crippen molar-refractivity contribution in [3.63, 3.8) is 0 Å². The summed E-state index contributed by atoms with van der Waals surface area (Å²) in [6, 6.07) is -0.746. The highest BCUT2D eigenvalue weighted by Crippen LogP contribution is 1.95. The number of hydrogen-bond acceptors (Lipinski definition) is 2. The summed E-state index contributed by atoms with van der Waals surface area (Å²) in [6.07, 6.45) is 6.41.